The quantitative estimate of drug-likeness (QED) is 0.555. The molecule has 2 aromatic rings. The topological polar surface area (TPSA) is 82.0 Å². The highest BCUT2D eigenvalue weighted by Crippen LogP contribution is 2.27. The largest absolute Gasteiger partial charge is 0.375 e. The molecule has 1 aromatic carbocycles. The minimum Gasteiger partial charge on any atom is -0.375 e. The van der Waals surface area contributed by atoms with E-state index in [-0.39, 0.29) is 5.69 Å². The lowest BCUT2D eigenvalue weighted by molar-refractivity contribution is -0.384. The van der Waals surface area contributed by atoms with Gasteiger partial charge in [-0.05, 0) is 6.07 Å². The van der Waals surface area contributed by atoms with Crippen molar-refractivity contribution in [2.45, 2.75) is 0 Å². The molecule has 0 aliphatic rings. The Bertz CT molecular complexity index is 480. The Morgan fingerprint density at radius 3 is 3.00 bits per heavy atom. The van der Waals surface area contributed by atoms with Crippen molar-refractivity contribution in [3.8, 4) is 0 Å². The Kier molecular flexibility index (Phi) is 1.63. The molecule has 0 bridgehead atoms. The molecule has 0 atom stereocenters. The summed E-state index contributed by atoms with van der Waals surface area (Å²) in [6.45, 7) is 0. The molecule has 2 rings (SSSR count). The second kappa shape index (κ2) is 2.67. The Morgan fingerprint density at radius 2 is 2.31 bits per heavy atom. The highest BCUT2D eigenvalue weighted by molar-refractivity contribution is 7.22. The van der Waals surface area contributed by atoms with Crippen molar-refractivity contribution < 1.29 is 4.92 Å². The van der Waals surface area contributed by atoms with Crippen LogP contribution in [0.2, 0.25) is 0 Å². The van der Waals surface area contributed by atoms with Crippen LogP contribution in [0.1, 0.15) is 0 Å². The zero-order valence-electron chi connectivity index (χ0n) is 6.43. The molecule has 0 aliphatic carbocycles. The summed E-state index contributed by atoms with van der Waals surface area (Å²) in [6, 6.07) is 4.49. The molecule has 66 valence electrons. The van der Waals surface area contributed by atoms with Crippen molar-refractivity contribution in [1.82, 2.24) is 4.98 Å². The summed E-state index contributed by atoms with van der Waals surface area (Å²) in [5.41, 5.74) is 6.22. The fraction of sp³-hybridized carbons (Fsp3) is 0. The molecule has 5 nitrogen and oxygen atoms in total. The summed E-state index contributed by atoms with van der Waals surface area (Å²) in [6.07, 6.45) is 0. The number of nitro benzene ring substituents is 1. The number of hydrogen-bond donors (Lipinski definition) is 1. The molecule has 0 amide bonds. The molecular formula is C7H5N3O2S. The van der Waals surface area contributed by atoms with Gasteiger partial charge in [-0.1, -0.05) is 11.3 Å². The number of fused-ring (bicyclic) bond motifs is 1. The van der Waals surface area contributed by atoms with Crippen molar-refractivity contribution in [1.29, 1.82) is 0 Å². The van der Waals surface area contributed by atoms with Crippen LogP contribution in [0.5, 0.6) is 0 Å². The summed E-state index contributed by atoms with van der Waals surface area (Å²) in [7, 11) is 0. The van der Waals surface area contributed by atoms with Crippen LogP contribution >= 0.6 is 11.3 Å². The molecule has 0 fully saturated rings. The predicted octanol–water partition coefficient (Wildman–Crippen LogP) is 1.79. The van der Waals surface area contributed by atoms with Gasteiger partial charge in [-0.2, -0.15) is 0 Å². The lowest BCUT2D eigenvalue weighted by Gasteiger charge is -1.88. The van der Waals surface area contributed by atoms with E-state index in [4.69, 9.17) is 5.73 Å². The maximum Gasteiger partial charge on any atom is 0.270 e. The summed E-state index contributed by atoms with van der Waals surface area (Å²) < 4.78 is 0.742. The van der Waals surface area contributed by atoms with Gasteiger partial charge in [0.05, 0.1) is 15.1 Å². The molecular weight excluding hydrogens is 190 g/mol. The molecule has 2 N–H and O–H groups in total. The summed E-state index contributed by atoms with van der Waals surface area (Å²) in [5.74, 6) is 0. The number of rotatable bonds is 1. The summed E-state index contributed by atoms with van der Waals surface area (Å²) in [5, 5.41) is 10.8. The van der Waals surface area contributed by atoms with Gasteiger partial charge in [0.2, 0.25) is 0 Å². The van der Waals surface area contributed by atoms with E-state index in [0.29, 0.717) is 10.6 Å². The van der Waals surface area contributed by atoms with E-state index < -0.39 is 4.92 Å². The normalized spacial score (nSPS) is 10.5. The van der Waals surface area contributed by atoms with Crippen LogP contribution in [-0.2, 0) is 0 Å². The van der Waals surface area contributed by atoms with Gasteiger partial charge in [-0.15, -0.1) is 0 Å². The van der Waals surface area contributed by atoms with E-state index in [1.54, 1.807) is 6.07 Å². The third-order valence-corrected chi connectivity index (χ3v) is 2.45. The Hall–Kier alpha value is -1.69. The first kappa shape index (κ1) is 7.93. The summed E-state index contributed by atoms with van der Waals surface area (Å²) in [4.78, 5) is 14.0. The number of non-ortho nitro benzene ring substituents is 1. The van der Waals surface area contributed by atoms with Crippen LogP contribution in [0.15, 0.2) is 18.2 Å². The Morgan fingerprint density at radius 1 is 1.54 bits per heavy atom. The average molecular weight is 195 g/mol. The van der Waals surface area contributed by atoms with Crippen molar-refractivity contribution in [2.75, 3.05) is 5.73 Å². The molecule has 0 radical (unpaired) electrons. The third-order valence-electron chi connectivity index (χ3n) is 1.60. The van der Waals surface area contributed by atoms with E-state index in [2.05, 4.69) is 4.98 Å². The highest BCUT2D eigenvalue weighted by atomic mass is 32.1. The van der Waals surface area contributed by atoms with Gasteiger partial charge < -0.3 is 5.73 Å². The van der Waals surface area contributed by atoms with Gasteiger partial charge in [-0.25, -0.2) is 4.98 Å². The van der Waals surface area contributed by atoms with Gasteiger partial charge in [0.25, 0.3) is 5.69 Å². The average Bonchev–Trinajstić information content (AvgIpc) is 2.42. The van der Waals surface area contributed by atoms with Gasteiger partial charge in [0.1, 0.15) is 0 Å². The monoisotopic (exact) mass is 195 g/mol. The predicted molar refractivity (Wildman–Crippen MR) is 50.7 cm³/mol. The number of nitro groups is 1. The van der Waals surface area contributed by atoms with Gasteiger partial charge in [-0.3, -0.25) is 10.1 Å². The zero-order valence-corrected chi connectivity index (χ0v) is 7.25. The molecule has 0 spiro atoms. The maximum atomic E-state index is 10.4. The van der Waals surface area contributed by atoms with Crippen LogP contribution in [-0.4, -0.2) is 9.91 Å². The number of aromatic nitrogens is 1. The zero-order chi connectivity index (χ0) is 9.42. The van der Waals surface area contributed by atoms with E-state index in [1.165, 1.54) is 23.5 Å². The number of benzene rings is 1. The number of nitrogens with zero attached hydrogens (tertiary/aromatic N) is 2. The lowest BCUT2D eigenvalue weighted by atomic mass is 10.3. The third kappa shape index (κ3) is 1.31. The number of nitrogens with two attached hydrogens (primary N) is 1. The first-order valence-corrected chi connectivity index (χ1v) is 4.29. The molecule has 0 aliphatic heterocycles. The van der Waals surface area contributed by atoms with E-state index >= 15 is 0 Å². The van der Waals surface area contributed by atoms with Crippen molar-refractivity contribution in [3.05, 3.63) is 28.3 Å². The van der Waals surface area contributed by atoms with Gasteiger partial charge in [0, 0.05) is 12.1 Å². The van der Waals surface area contributed by atoms with Gasteiger partial charge >= 0.3 is 0 Å². The Balaban J connectivity index is 2.67. The SMILES string of the molecule is Nc1nc2ccc([N+](=O)[O-])cc2s1. The molecule has 6 heteroatoms. The fourth-order valence-electron chi connectivity index (χ4n) is 1.04. The highest BCUT2D eigenvalue weighted by Gasteiger charge is 2.08. The summed E-state index contributed by atoms with van der Waals surface area (Å²) >= 11 is 1.25. The van der Waals surface area contributed by atoms with Crippen molar-refractivity contribution in [2.24, 2.45) is 0 Å². The van der Waals surface area contributed by atoms with Crippen LogP contribution in [0.4, 0.5) is 10.8 Å². The first-order valence-electron chi connectivity index (χ1n) is 3.47. The van der Waals surface area contributed by atoms with Crippen LogP contribution in [0.25, 0.3) is 10.2 Å². The molecule has 0 saturated heterocycles. The van der Waals surface area contributed by atoms with Crippen LogP contribution in [0.3, 0.4) is 0 Å². The molecule has 1 aromatic heterocycles. The molecule has 1 heterocycles. The van der Waals surface area contributed by atoms with Crippen molar-refractivity contribution >= 4 is 32.4 Å². The van der Waals surface area contributed by atoms with E-state index in [1.807, 2.05) is 0 Å². The van der Waals surface area contributed by atoms with Crippen molar-refractivity contribution in [3.63, 3.8) is 0 Å². The number of nitrogen functional groups attached to an aromatic ring is 1. The Labute approximate surface area is 77.0 Å². The molecule has 0 saturated carbocycles. The minimum absolute atomic E-state index is 0.0659. The smallest absolute Gasteiger partial charge is 0.270 e. The first-order chi connectivity index (χ1) is 6.16. The second-order valence-electron chi connectivity index (χ2n) is 2.46. The van der Waals surface area contributed by atoms with Crippen LogP contribution in [0, 0.1) is 10.1 Å². The van der Waals surface area contributed by atoms with E-state index in [9.17, 15) is 10.1 Å². The van der Waals surface area contributed by atoms with Gasteiger partial charge in [0.15, 0.2) is 5.13 Å². The second-order valence-corrected chi connectivity index (χ2v) is 3.52. The fourth-order valence-corrected chi connectivity index (χ4v) is 1.81. The molecule has 0 unspecified atom stereocenters. The molecule has 13 heavy (non-hydrogen) atoms. The van der Waals surface area contributed by atoms with Crippen LogP contribution < -0.4 is 5.73 Å². The maximum absolute atomic E-state index is 10.4. The number of thiazole rings is 1. The van der Waals surface area contributed by atoms with E-state index in [0.717, 1.165) is 4.70 Å². The number of hydrogen-bond acceptors (Lipinski definition) is 5. The minimum atomic E-state index is -0.435. The standard InChI is InChI=1S/C7H5N3O2S/c8-7-9-5-2-1-4(10(11)12)3-6(5)13-7/h1-3H,(H2,8,9). The lowest BCUT2D eigenvalue weighted by Crippen LogP contribution is -1.85. The number of anilines is 1.